The molecule has 1 unspecified atom stereocenters. The minimum atomic E-state index is -0.989. The number of carbonyl (C=O) groups excluding carboxylic acids is 5. The van der Waals surface area contributed by atoms with Crippen molar-refractivity contribution in [2.75, 3.05) is 26.2 Å². The molecule has 5 rings (SSSR count). The predicted octanol–water partition coefficient (Wildman–Crippen LogP) is 6.39. The van der Waals surface area contributed by atoms with Crippen LogP contribution in [0.4, 0.5) is 0 Å². The lowest BCUT2D eigenvalue weighted by Gasteiger charge is -2.41. The zero-order valence-electron chi connectivity index (χ0n) is 33.6. The summed E-state index contributed by atoms with van der Waals surface area (Å²) in [4.78, 5) is 72.9. The second-order valence-corrected chi connectivity index (χ2v) is 20.4. The molecule has 5 aliphatic rings. The molecule has 0 bridgehead atoms. The van der Waals surface area contributed by atoms with Crippen LogP contribution in [0.1, 0.15) is 140 Å². The summed E-state index contributed by atoms with van der Waals surface area (Å²) in [6.45, 7) is 24.4. The van der Waals surface area contributed by atoms with Gasteiger partial charge in [0, 0.05) is 62.7 Å². The molecule has 2 N–H and O–H groups in total. The van der Waals surface area contributed by atoms with Crippen LogP contribution in [-0.2, 0) is 28.7 Å². The van der Waals surface area contributed by atoms with Crippen molar-refractivity contribution in [3.05, 3.63) is 0 Å². The molecule has 3 aliphatic carbocycles. The van der Waals surface area contributed by atoms with Gasteiger partial charge >= 0.3 is 0 Å². The Hall–Kier alpha value is -2.13. The summed E-state index contributed by atoms with van der Waals surface area (Å²) in [6, 6.07) is -0.672. The second-order valence-electron chi connectivity index (χ2n) is 20.4. The van der Waals surface area contributed by atoms with Gasteiger partial charge in [-0.2, -0.15) is 0 Å². The number of carbonyl (C=O) groups is 5. The zero-order valence-corrected chi connectivity index (χ0v) is 33.6. The number of ether oxygens (including phenoxy) is 1. The quantitative estimate of drug-likeness (QED) is 0.207. The normalized spacial score (nSPS) is 30.7. The van der Waals surface area contributed by atoms with E-state index in [0.29, 0.717) is 31.7 Å². The Kier molecular flexibility index (Phi) is 11.2. The number of amides is 2. The number of rotatable bonds is 14. The van der Waals surface area contributed by atoms with E-state index in [0.717, 1.165) is 58.2 Å². The Morgan fingerprint density at radius 2 is 1.45 bits per heavy atom. The first kappa shape index (κ1) is 40.1. The van der Waals surface area contributed by atoms with Gasteiger partial charge in [-0.05, 0) is 73.0 Å². The fourth-order valence-corrected chi connectivity index (χ4v) is 11.1. The predicted molar refractivity (Wildman–Crippen MR) is 198 cm³/mol. The number of morpholine rings is 1. The lowest BCUT2D eigenvalue weighted by Crippen LogP contribution is -2.49. The van der Waals surface area contributed by atoms with Gasteiger partial charge in [-0.1, -0.05) is 81.1 Å². The summed E-state index contributed by atoms with van der Waals surface area (Å²) in [5.74, 6) is -2.73. The molecule has 2 spiro atoms. The highest BCUT2D eigenvalue weighted by Crippen LogP contribution is 2.88. The third-order valence-corrected chi connectivity index (χ3v) is 14.8. The van der Waals surface area contributed by atoms with Crippen LogP contribution in [0, 0.1) is 50.7 Å². The third kappa shape index (κ3) is 7.63. The summed E-state index contributed by atoms with van der Waals surface area (Å²) in [5.41, 5.74) is 4.81. The van der Waals surface area contributed by atoms with Gasteiger partial charge in [-0.3, -0.25) is 28.9 Å². The van der Waals surface area contributed by atoms with Crippen LogP contribution in [0.2, 0.25) is 0 Å². The molecule has 9 nitrogen and oxygen atoms in total. The fraction of sp³-hybridized carbons (Fsp3) is 0.881. The van der Waals surface area contributed by atoms with Gasteiger partial charge in [0.05, 0.1) is 18.2 Å². The molecular weight excluding hydrogens is 642 g/mol. The summed E-state index contributed by atoms with van der Waals surface area (Å²) in [7, 11) is 0. The number of fused-ring (bicyclic) bond motifs is 1. The largest absolute Gasteiger partial charge is 0.373 e. The standard InChI is InChI=1S/C42H69N3O6/c1-26-22-44(23-27(2)51-26)24-30(38(3,4)5)19-31(46)20-32(39(6,7)8)37(50)45-25-42(40(9,10)41(42)15-12-16-41)21-33(45)34(47)18-29(35(48)36(43)49)17-28-13-11-14-28/h26-30,32-33H,11-25H2,1-10H3,(H2,43,49)/t26-,27-,29?,30+,32+,33-,42+/m0/s1. The Morgan fingerprint density at radius 3 is 1.90 bits per heavy atom. The van der Waals surface area contributed by atoms with E-state index in [1.807, 2.05) is 25.7 Å². The molecule has 0 aromatic carbocycles. The van der Waals surface area contributed by atoms with Gasteiger partial charge in [-0.15, -0.1) is 0 Å². The summed E-state index contributed by atoms with van der Waals surface area (Å²) >= 11 is 0. The Morgan fingerprint density at radius 1 is 0.843 bits per heavy atom. The molecule has 5 fully saturated rings. The number of nitrogens with zero attached hydrogens (tertiary/aromatic N) is 2. The number of hydrogen-bond donors (Lipinski definition) is 1. The van der Waals surface area contributed by atoms with Crippen LogP contribution in [0.15, 0.2) is 0 Å². The maximum absolute atomic E-state index is 15.0. The minimum absolute atomic E-state index is 0.0123. The van der Waals surface area contributed by atoms with E-state index in [1.165, 1.54) is 0 Å². The summed E-state index contributed by atoms with van der Waals surface area (Å²) in [5, 5.41) is 0. The number of Topliss-reactive ketones (excluding diaryl/α,β-unsaturated/α-hetero) is 3. The fourth-order valence-electron chi connectivity index (χ4n) is 11.1. The van der Waals surface area contributed by atoms with Crippen LogP contribution >= 0.6 is 0 Å². The van der Waals surface area contributed by atoms with Crippen molar-refractivity contribution in [1.29, 1.82) is 0 Å². The number of primary amides is 1. The van der Waals surface area contributed by atoms with E-state index < -0.39 is 35.0 Å². The van der Waals surface area contributed by atoms with Gasteiger partial charge in [0.1, 0.15) is 5.78 Å². The van der Waals surface area contributed by atoms with Crippen molar-refractivity contribution in [2.24, 2.45) is 56.5 Å². The molecular formula is C42H69N3O6. The van der Waals surface area contributed by atoms with E-state index in [2.05, 4.69) is 53.4 Å². The Balaban J connectivity index is 1.38. The van der Waals surface area contributed by atoms with Crippen LogP contribution in [0.25, 0.3) is 0 Å². The number of likely N-dealkylation sites (tertiary alicyclic amines) is 1. The molecule has 7 atom stereocenters. The Bertz CT molecular complexity index is 1360. The van der Waals surface area contributed by atoms with Crippen molar-refractivity contribution >= 4 is 29.2 Å². The highest BCUT2D eigenvalue weighted by Gasteiger charge is 2.85. The topological polar surface area (TPSA) is 127 Å². The third-order valence-electron chi connectivity index (χ3n) is 14.8. The van der Waals surface area contributed by atoms with Crippen molar-refractivity contribution in [1.82, 2.24) is 9.80 Å². The first-order valence-electron chi connectivity index (χ1n) is 20.1. The minimum Gasteiger partial charge on any atom is -0.373 e. The van der Waals surface area contributed by atoms with E-state index in [-0.39, 0.29) is 70.1 Å². The van der Waals surface area contributed by atoms with E-state index in [1.54, 1.807) is 0 Å². The lowest BCUT2D eigenvalue weighted by atomic mass is 9.73. The molecule has 0 aromatic rings. The van der Waals surface area contributed by atoms with Crippen LogP contribution in [0.3, 0.4) is 0 Å². The Labute approximate surface area is 307 Å². The number of hydrogen-bond acceptors (Lipinski definition) is 7. The molecule has 0 aromatic heterocycles. The number of ketones is 3. The summed E-state index contributed by atoms with van der Waals surface area (Å²) < 4.78 is 5.97. The first-order chi connectivity index (χ1) is 23.5. The molecule has 9 heteroatoms. The SMILES string of the molecule is C[C@H]1CN(C[C@@H](CC(=O)C[C@H](C(=O)N2C[C@]3(C[C@H]2C(=O)CC(CC2CCC2)C(=O)C(N)=O)C(C)(C)C32CCC2)C(C)(C)C)C(C)(C)C)C[C@H](C)O1. The van der Waals surface area contributed by atoms with E-state index in [4.69, 9.17) is 10.5 Å². The molecule has 288 valence electrons. The molecule has 51 heavy (non-hydrogen) atoms. The second kappa shape index (κ2) is 14.3. The highest BCUT2D eigenvalue weighted by molar-refractivity contribution is 6.36. The van der Waals surface area contributed by atoms with Gasteiger partial charge < -0.3 is 15.4 Å². The highest BCUT2D eigenvalue weighted by atomic mass is 16.5. The van der Waals surface area contributed by atoms with Crippen molar-refractivity contribution in [3.8, 4) is 0 Å². The van der Waals surface area contributed by atoms with Gasteiger partial charge in [-0.25, -0.2) is 0 Å². The summed E-state index contributed by atoms with van der Waals surface area (Å²) in [6.07, 6.45) is 8.26. The molecule has 3 saturated carbocycles. The van der Waals surface area contributed by atoms with Gasteiger partial charge in [0.2, 0.25) is 11.7 Å². The molecule has 2 saturated heterocycles. The lowest BCUT2D eigenvalue weighted by molar-refractivity contribution is -0.147. The van der Waals surface area contributed by atoms with Crippen molar-refractivity contribution in [3.63, 3.8) is 0 Å². The van der Waals surface area contributed by atoms with E-state index in [9.17, 15) is 24.0 Å². The van der Waals surface area contributed by atoms with Crippen LogP contribution in [0.5, 0.6) is 0 Å². The van der Waals surface area contributed by atoms with Crippen LogP contribution in [-0.4, -0.2) is 83.4 Å². The number of nitrogens with two attached hydrogens (primary N) is 1. The molecule has 2 amide bonds. The molecule has 2 heterocycles. The van der Waals surface area contributed by atoms with Crippen molar-refractivity contribution in [2.45, 2.75) is 158 Å². The van der Waals surface area contributed by atoms with Crippen molar-refractivity contribution < 1.29 is 28.7 Å². The van der Waals surface area contributed by atoms with Crippen LogP contribution < -0.4 is 5.73 Å². The monoisotopic (exact) mass is 712 g/mol. The maximum Gasteiger partial charge on any atom is 0.285 e. The maximum atomic E-state index is 15.0. The average Bonchev–Trinajstić information content (AvgIpc) is 3.18. The first-order valence-corrected chi connectivity index (χ1v) is 20.1. The zero-order chi connectivity index (χ0) is 37.9. The van der Waals surface area contributed by atoms with Gasteiger partial charge in [0.25, 0.3) is 5.91 Å². The average molecular weight is 712 g/mol. The smallest absolute Gasteiger partial charge is 0.285 e. The molecule has 2 aliphatic heterocycles. The van der Waals surface area contributed by atoms with Gasteiger partial charge in [0.15, 0.2) is 5.78 Å². The van der Waals surface area contributed by atoms with E-state index >= 15 is 0 Å². The molecule has 0 radical (unpaired) electrons.